The Morgan fingerprint density at radius 2 is 1.56 bits per heavy atom. The van der Waals surface area contributed by atoms with Crippen molar-refractivity contribution >= 4 is 29.5 Å². The molecule has 180 valence electrons. The van der Waals surface area contributed by atoms with Crippen LogP contribution in [0, 0.1) is 6.92 Å². The van der Waals surface area contributed by atoms with E-state index >= 15 is 0 Å². The molecule has 4 aromatic carbocycles. The molecule has 0 aliphatic heterocycles. The highest BCUT2D eigenvalue weighted by atomic mass is 16.5. The summed E-state index contributed by atoms with van der Waals surface area (Å²) >= 11 is 0. The number of para-hydroxylation sites is 3. The highest BCUT2D eigenvalue weighted by Crippen LogP contribution is 2.31. The first-order valence-corrected chi connectivity index (χ1v) is 11.5. The van der Waals surface area contributed by atoms with E-state index in [0.29, 0.717) is 34.5 Å². The molecule has 0 saturated carbocycles. The van der Waals surface area contributed by atoms with E-state index in [1.165, 1.54) is 4.90 Å². The number of rotatable bonds is 8. The Morgan fingerprint density at radius 1 is 0.861 bits per heavy atom. The molecule has 4 rings (SSSR count). The molecule has 0 radical (unpaired) electrons. The zero-order valence-corrected chi connectivity index (χ0v) is 20.1. The van der Waals surface area contributed by atoms with Crippen molar-refractivity contribution < 1.29 is 19.1 Å². The molecule has 0 aromatic heterocycles. The van der Waals surface area contributed by atoms with Gasteiger partial charge in [0.2, 0.25) is 0 Å². The first kappa shape index (κ1) is 24.4. The van der Waals surface area contributed by atoms with Crippen LogP contribution in [0.2, 0.25) is 0 Å². The van der Waals surface area contributed by atoms with E-state index in [-0.39, 0.29) is 18.4 Å². The predicted molar refractivity (Wildman–Crippen MR) is 142 cm³/mol. The van der Waals surface area contributed by atoms with Crippen LogP contribution in [0.15, 0.2) is 97.1 Å². The average molecular weight is 479 g/mol. The largest absolute Gasteiger partial charge is 0.484 e. The smallest absolute Gasteiger partial charge is 0.260 e. The number of aldehydes is 1. The maximum atomic E-state index is 13.5. The van der Waals surface area contributed by atoms with Crippen molar-refractivity contribution in [2.24, 2.45) is 0 Å². The molecule has 0 saturated heterocycles. The lowest BCUT2D eigenvalue weighted by atomic mass is 9.95. The molecule has 0 spiro atoms. The summed E-state index contributed by atoms with van der Waals surface area (Å²) in [6.07, 6.45) is 0.651. The van der Waals surface area contributed by atoms with Crippen molar-refractivity contribution in [3.63, 3.8) is 0 Å². The molecule has 36 heavy (non-hydrogen) atoms. The number of benzene rings is 4. The number of aryl methyl sites for hydroxylation is 1. The standard InChI is InChI=1S/C30H26N2O4/c1-21-11-10-15-23(22-12-4-3-5-13-22)28(21)29(34)31-25-16-7-6-14-24(25)30(35)32(2)26-17-8-9-18-27(26)36-20-19-33/h3-19H,20H2,1-2H3,(H,31,34). The van der Waals surface area contributed by atoms with Crippen LogP contribution in [0.1, 0.15) is 26.3 Å². The zero-order valence-electron chi connectivity index (χ0n) is 20.1. The van der Waals surface area contributed by atoms with Crippen molar-refractivity contribution in [2.75, 3.05) is 23.9 Å². The van der Waals surface area contributed by atoms with Crippen molar-refractivity contribution in [3.05, 3.63) is 114 Å². The minimum Gasteiger partial charge on any atom is -0.484 e. The minimum atomic E-state index is -0.332. The van der Waals surface area contributed by atoms with Gasteiger partial charge in [-0.3, -0.25) is 14.4 Å². The summed E-state index contributed by atoms with van der Waals surface area (Å²) in [4.78, 5) is 39.3. The van der Waals surface area contributed by atoms with Crippen LogP contribution >= 0.6 is 0 Å². The fraction of sp³-hybridized carbons (Fsp3) is 0.100. The van der Waals surface area contributed by atoms with Gasteiger partial charge in [0.15, 0.2) is 6.29 Å². The molecule has 0 aliphatic carbocycles. The fourth-order valence-corrected chi connectivity index (χ4v) is 4.06. The SMILES string of the molecule is Cc1cccc(-c2ccccc2)c1C(=O)Nc1ccccc1C(=O)N(C)c1ccccc1OCC=O. The van der Waals surface area contributed by atoms with E-state index in [2.05, 4.69) is 5.32 Å². The van der Waals surface area contributed by atoms with Crippen molar-refractivity contribution in [2.45, 2.75) is 6.92 Å². The lowest BCUT2D eigenvalue weighted by Gasteiger charge is -2.22. The van der Waals surface area contributed by atoms with Gasteiger partial charge in [0, 0.05) is 7.05 Å². The molecule has 4 aromatic rings. The Morgan fingerprint density at radius 3 is 2.33 bits per heavy atom. The van der Waals surface area contributed by atoms with Gasteiger partial charge in [-0.25, -0.2) is 0 Å². The van der Waals surface area contributed by atoms with Crippen molar-refractivity contribution in [3.8, 4) is 16.9 Å². The molecule has 0 atom stereocenters. The number of hydrogen-bond donors (Lipinski definition) is 1. The Kier molecular flexibility index (Phi) is 7.56. The first-order chi connectivity index (χ1) is 17.5. The normalized spacial score (nSPS) is 10.4. The van der Waals surface area contributed by atoms with Gasteiger partial charge in [-0.15, -0.1) is 0 Å². The van der Waals surface area contributed by atoms with Crippen molar-refractivity contribution in [1.29, 1.82) is 0 Å². The Labute approximate surface area is 210 Å². The summed E-state index contributed by atoms with van der Waals surface area (Å²) in [5.74, 6) is -0.222. The summed E-state index contributed by atoms with van der Waals surface area (Å²) in [5, 5.41) is 2.95. The van der Waals surface area contributed by atoms with Gasteiger partial charge in [-0.1, -0.05) is 72.8 Å². The maximum absolute atomic E-state index is 13.5. The van der Waals surface area contributed by atoms with Gasteiger partial charge >= 0.3 is 0 Å². The molecule has 2 amide bonds. The van der Waals surface area contributed by atoms with Gasteiger partial charge in [-0.05, 0) is 47.9 Å². The second-order valence-electron chi connectivity index (χ2n) is 8.17. The van der Waals surface area contributed by atoms with Gasteiger partial charge in [-0.2, -0.15) is 0 Å². The zero-order chi connectivity index (χ0) is 25.5. The average Bonchev–Trinajstić information content (AvgIpc) is 2.92. The number of nitrogens with zero attached hydrogens (tertiary/aromatic N) is 1. The first-order valence-electron chi connectivity index (χ1n) is 11.5. The van der Waals surface area contributed by atoms with Gasteiger partial charge in [0.1, 0.15) is 12.4 Å². The summed E-state index contributed by atoms with van der Waals surface area (Å²) in [5.41, 5.74) is 4.36. The lowest BCUT2D eigenvalue weighted by Crippen LogP contribution is -2.28. The van der Waals surface area contributed by atoms with Gasteiger partial charge in [0.05, 0.1) is 22.5 Å². The highest BCUT2D eigenvalue weighted by molar-refractivity contribution is 6.15. The summed E-state index contributed by atoms with van der Waals surface area (Å²) in [7, 11) is 1.62. The second-order valence-corrected chi connectivity index (χ2v) is 8.17. The summed E-state index contributed by atoms with van der Waals surface area (Å²) in [6, 6.07) is 29.3. The van der Waals surface area contributed by atoms with Crippen LogP contribution in [0.25, 0.3) is 11.1 Å². The molecular weight excluding hydrogens is 452 g/mol. The van der Waals surface area contributed by atoms with Crippen LogP contribution in [0.5, 0.6) is 5.75 Å². The van der Waals surface area contributed by atoms with E-state index in [1.807, 2.05) is 55.5 Å². The Hall–Kier alpha value is -4.71. The third-order valence-corrected chi connectivity index (χ3v) is 5.83. The van der Waals surface area contributed by atoms with E-state index in [4.69, 9.17) is 4.74 Å². The molecule has 0 fully saturated rings. The number of anilines is 2. The van der Waals surface area contributed by atoms with E-state index in [0.717, 1.165) is 16.7 Å². The third kappa shape index (κ3) is 5.18. The number of carbonyl (C=O) groups is 3. The van der Waals surface area contributed by atoms with Crippen LogP contribution in [-0.2, 0) is 4.79 Å². The number of hydrogen-bond acceptors (Lipinski definition) is 4. The monoisotopic (exact) mass is 478 g/mol. The van der Waals surface area contributed by atoms with Crippen LogP contribution in [0.3, 0.4) is 0 Å². The maximum Gasteiger partial charge on any atom is 0.260 e. The van der Waals surface area contributed by atoms with Crippen molar-refractivity contribution in [1.82, 2.24) is 0 Å². The van der Waals surface area contributed by atoms with E-state index in [1.54, 1.807) is 55.6 Å². The quantitative estimate of drug-likeness (QED) is 0.326. The van der Waals surface area contributed by atoms with E-state index in [9.17, 15) is 14.4 Å². The third-order valence-electron chi connectivity index (χ3n) is 5.83. The molecule has 6 heteroatoms. The Balaban J connectivity index is 1.66. The molecule has 0 bridgehead atoms. The van der Waals surface area contributed by atoms with Gasteiger partial charge < -0.3 is 15.0 Å². The molecule has 0 unspecified atom stereocenters. The molecule has 6 nitrogen and oxygen atoms in total. The summed E-state index contributed by atoms with van der Waals surface area (Å²) < 4.78 is 5.48. The lowest BCUT2D eigenvalue weighted by molar-refractivity contribution is -0.109. The van der Waals surface area contributed by atoms with Gasteiger partial charge in [0.25, 0.3) is 11.8 Å². The van der Waals surface area contributed by atoms with E-state index < -0.39 is 0 Å². The second kappa shape index (κ2) is 11.1. The minimum absolute atomic E-state index is 0.119. The topological polar surface area (TPSA) is 75.7 Å². The highest BCUT2D eigenvalue weighted by Gasteiger charge is 2.22. The number of amides is 2. The van der Waals surface area contributed by atoms with Crippen LogP contribution in [0.4, 0.5) is 11.4 Å². The van der Waals surface area contributed by atoms with Crippen LogP contribution < -0.4 is 15.0 Å². The number of carbonyl (C=O) groups excluding carboxylic acids is 3. The molecular formula is C30H26N2O4. The fourth-order valence-electron chi connectivity index (χ4n) is 4.06. The number of ether oxygens (including phenoxy) is 1. The number of nitrogens with one attached hydrogen (secondary N) is 1. The molecule has 1 N–H and O–H groups in total. The molecule has 0 heterocycles. The Bertz CT molecular complexity index is 1400. The predicted octanol–water partition coefficient (Wildman–Crippen LogP) is 5.77. The van der Waals surface area contributed by atoms with Crippen LogP contribution in [-0.4, -0.2) is 31.8 Å². The molecule has 0 aliphatic rings. The summed E-state index contributed by atoms with van der Waals surface area (Å²) in [6.45, 7) is 1.77.